The van der Waals surface area contributed by atoms with Gasteiger partial charge in [0.2, 0.25) is 0 Å². The number of thioether (sulfide) groups is 1. The first-order chi connectivity index (χ1) is 6.77. The highest BCUT2D eigenvalue weighted by molar-refractivity contribution is 7.99. The fourth-order valence-corrected chi connectivity index (χ4v) is 3.95. The highest BCUT2D eigenvalue weighted by Gasteiger charge is 2.39. The van der Waals surface area contributed by atoms with Gasteiger partial charge in [-0.25, -0.2) is 0 Å². The SMILES string of the molecule is CC1CN(C2(CN)CCCC2)CCS1. The predicted molar refractivity (Wildman–Crippen MR) is 63.7 cm³/mol. The minimum atomic E-state index is 0.384. The Morgan fingerprint density at radius 1 is 1.43 bits per heavy atom. The van der Waals surface area contributed by atoms with Crippen molar-refractivity contribution in [2.45, 2.75) is 43.4 Å². The largest absolute Gasteiger partial charge is 0.329 e. The van der Waals surface area contributed by atoms with Gasteiger partial charge in [-0.05, 0) is 12.8 Å². The molecular formula is C11H22N2S. The topological polar surface area (TPSA) is 29.3 Å². The molecule has 0 bridgehead atoms. The van der Waals surface area contributed by atoms with Crippen molar-refractivity contribution in [3.8, 4) is 0 Å². The molecule has 2 aliphatic rings. The molecule has 2 N–H and O–H groups in total. The molecule has 82 valence electrons. The molecule has 1 saturated carbocycles. The summed E-state index contributed by atoms with van der Waals surface area (Å²) in [5.74, 6) is 1.29. The molecule has 1 aliphatic heterocycles. The minimum absolute atomic E-state index is 0.384. The van der Waals surface area contributed by atoms with Crippen LogP contribution in [0.1, 0.15) is 32.6 Å². The third-order valence-electron chi connectivity index (χ3n) is 3.83. The van der Waals surface area contributed by atoms with Gasteiger partial charge in [-0.2, -0.15) is 11.8 Å². The van der Waals surface area contributed by atoms with Gasteiger partial charge in [0.25, 0.3) is 0 Å². The Morgan fingerprint density at radius 2 is 2.14 bits per heavy atom. The number of rotatable bonds is 2. The van der Waals surface area contributed by atoms with Crippen molar-refractivity contribution < 1.29 is 0 Å². The van der Waals surface area contributed by atoms with E-state index in [-0.39, 0.29) is 0 Å². The van der Waals surface area contributed by atoms with Crippen LogP contribution in [0.15, 0.2) is 0 Å². The van der Waals surface area contributed by atoms with E-state index in [0.717, 1.165) is 11.8 Å². The summed E-state index contributed by atoms with van der Waals surface area (Å²) in [6.45, 7) is 5.72. The number of nitrogens with zero attached hydrogens (tertiary/aromatic N) is 1. The third-order valence-corrected chi connectivity index (χ3v) is 4.96. The molecule has 0 aromatic heterocycles. The quantitative estimate of drug-likeness (QED) is 0.758. The first-order valence-corrected chi connectivity index (χ1v) is 6.88. The Hall–Kier alpha value is 0.270. The molecule has 1 heterocycles. The number of hydrogen-bond acceptors (Lipinski definition) is 3. The molecule has 2 nitrogen and oxygen atoms in total. The van der Waals surface area contributed by atoms with E-state index in [0.29, 0.717) is 5.54 Å². The maximum Gasteiger partial charge on any atom is 0.0332 e. The molecule has 0 aromatic rings. The molecule has 1 aliphatic carbocycles. The fourth-order valence-electron chi connectivity index (χ4n) is 2.93. The lowest BCUT2D eigenvalue weighted by Gasteiger charge is -2.44. The van der Waals surface area contributed by atoms with Gasteiger partial charge in [0.1, 0.15) is 0 Å². The average Bonchev–Trinajstić information content (AvgIpc) is 2.67. The van der Waals surface area contributed by atoms with E-state index in [1.54, 1.807) is 0 Å². The highest BCUT2D eigenvalue weighted by atomic mass is 32.2. The van der Waals surface area contributed by atoms with Crippen molar-refractivity contribution in [2.75, 3.05) is 25.4 Å². The van der Waals surface area contributed by atoms with Crippen molar-refractivity contribution in [1.82, 2.24) is 4.90 Å². The predicted octanol–water partition coefficient (Wildman–Crippen LogP) is 1.70. The second-order valence-corrected chi connectivity index (χ2v) is 6.31. The van der Waals surface area contributed by atoms with Crippen LogP contribution in [-0.2, 0) is 0 Å². The van der Waals surface area contributed by atoms with Crippen LogP contribution >= 0.6 is 11.8 Å². The van der Waals surface area contributed by atoms with Crippen LogP contribution in [0.4, 0.5) is 0 Å². The second kappa shape index (κ2) is 4.42. The first kappa shape index (κ1) is 10.8. The number of nitrogens with two attached hydrogens (primary N) is 1. The molecule has 3 heteroatoms. The Bertz CT molecular complexity index is 190. The summed E-state index contributed by atoms with van der Waals surface area (Å²) in [5.41, 5.74) is 6.38. The summed E-state index contributed by atoms with van der Waals surface area (Å²) >= 11 is 2.11. The lowest BCUT2D eigenvalue weighted by atomic mass is 9.95. The third kappa shape index (κ3) is 1.95. The fraction of sp³-hybridized carbons (Fsp3) is 1.00. The van der Waals surface area contributed by atoms with Crippen molar-refractivity contribution >= 4 is 11.8 Å². The normalized spacial score (nSPS) is 33.4. The van der Waals surface area contributed by atoms with Crippen molar-refractivity contribution in [3.63, 3.8) is 0 Å². The van der Waals surface area contributed by atoms with Gasteiger partial charge in [0.05, 0.1) is 0 Å². The Labute approximate surface area is 91.6 Å². The van der Waals surface area contributed by atoms with E-state index in [1.165, 1.54) is 44.5 Å². The molecule has 1 atom stereocenters. The summed E-state index contributed by atoms with van der Waals surface area (Å²) in [6.07, 6.45) is 5.44. The van der Waals surface area contributed by atoms with Gasteiger partial charge in [0.15, 0.2) is 0 Å². The average molecular weight is 214 g/mol. The summed E-state index contributed by atoms with van der Waals surface area (Å²) in [6, 6.07) is 0. The van der Waals surface area contributed by atoms with Crippen LogP contribution in [0, 0.1) is 0 Å². The van der Waals surface area contributed by atoms with E-state index in [2.05, 4.69) is 23.6 Å². The molecule has 0 amide bonds. The molecular weight excluding hydrogens is 192 g/mol. The zero-order chi connectivity index (χ0) is 10.0. The Morgan fingerprint density at radius 3 is 2.71 bits per heavy atom. The Kier molecular flexibility index (Phi) is 3.40. The summed E-state index contributed by atoms with van der Waals surface area (Å²) in [5, 5.41) is 0.799. The van der Waals surface area contributed by atoms with Gasteiger partial charge < -0.3 is 5.73 Å². The van der Waals surface area contributed by atoms with E-state index < -0.39 is 0 Å². The van der Waals surface area contributed by atoms with Crippen LogP contribution in [0.5, 0.6) is 0 Å². The van der Waals surface area contributed by atoms with E-state index >= 15 is 0 Å². The van der Waals surface area contributed by atoms with Crippen LogP contribution in [0.2, 0.25) is 0 Å². The minimum Gasteiger partial charge on any atom is -0.329 e. The standard InChI is InChI=1S/C11H22N2S/c1-10-8-13(6-7-14-10)11(9-12)4-2-3-5-11/h10H,2-9,12H2,1H3. The molecule has 2 rings (SSSR count). The second-order valence-electron chi connectivity index (χ2n) is 4.76. The van der Waals surface area contributed by atoms with E-state index in [4.69, 9.17) is 5.73 Å². The van der Waals surface area contributed by atoms with Crippen molar-refractivity contribution in [3.05, 3.63) is 0 Å². The van der Waals surface area contributed by atoms with Gasteiger partial charge in [0, 0.05) is 36.2 Å². The zero-order valence-corrected chi connectivity index (χ0v) is 9.98. The molecule has 0 spiro atoms. The molecule has 0 radical (unpaired) electrons. The monoisotopic (exact) mass is 214 g/mol. The summed E-state index contributed by atoms with van der Waals surface area (Å²) in [7, 11) is 0. The maximum atomic E-state index is 6.00. The zero-order valence-electron chi connectivity index (χ0n) is 9.17. The summed E-state index contributed by atoms with van der Waals surface area (Å²) < 4.78 is 0. The van der Waals surface area contributed by atoms with Crippen molar-refractivity contribution in [1.29, 1.82) is 0 Å². The van der Waals surface area contributed by atoms with Gasteiger partial charge in [-0.3, -0.25) is 4.90 Å². The van der Waals surface area contributed by atoms with Gasteiger partial charge >= 0.3 is 0 Å². The summed E-state index contributed by atoms with van der Waals surface area (Å²) in [4.78, 5) is 2.68. The van der Waals surface area contributed by atoms with E-state index in [1.807, 2.05) is 0 Å². The lowest BCUT2D eigenvalue weighted by molar-refractivity contribution is 0.105. The van der Waals surface area contributed by atoms with Gasteiger partial charge in [-0.1, -0.05) is 19.8 Å². The van der Waals surface area contributed by atoms with Crippen LogP contribution < -0.4 is 5.73 Å². The van der Waals surface area contributed by atoms with Crippen LogP contribution in [0.25, 0.3) is 0 Å². The van der Waals surface area contributed by atoms with Crippen molar-refractivity contribution in [2.24, 2.45) is 5.73 Å². The molecule has 14 heavy (non-hydrogen) atoms. The smallest absolute Gasteiger partial charge is 0.0332 e. The first-order valence-electron chi connectivity index (χ1n) is 5.83. The van der Waals surface area contributed by atoms with E-state index in [9.17, 15) is 0 Å². The van der Waals surface area contributed by atoms with Crippen LogP contribution in [0.3, 0.4) is 0 Å². The van der Waals surface area contributed by atoms with Crippen LogP contribution in [-0.4, -0.2) is 41.1 Å². The molecule has 1 unspecified atom stereocenters. The number of hydrogen-bond donors (Lipinski definition) is 1. The highest BCUT2D eigenvalue weighted by Crippen LogP contribution is 2.36. The Balaban J connectivity index is 2.03. The maximum absolute atomic E-state index is 6.00. The molecule has 0 aromatic carbocycles. The van der Waals surface area contributed by atoms with Gasteiger partial charge in [-0.15, -0.1) is 0 Å². The lowest BCUT2D eigenvalue weighted by Crippen LogP contribution is -2.56. The molecule has 2 fully saturated rings. The molecule has 1 saturated heterocycles.